The van der Waals surface area contributed by atoms with E-state index in [2.05, 4.69) is 22.6 Å². The molecule has 4 heteroatoms. The van der Waals surface area contributed by atoms with Gasteiger partial charge in [0.15, 0.2) is 0 Å². The van der Waals surface area contributed by atoms with Crippen LogP contribution in [0.4, 0.5) is 21.5 Å². The zero-order chi connectivity index (χ0) is 12.4. The number of nitrogens with two attached hydrogens (primary N) is 1. The highest BCUT2D eigenvalue weighted by molar-refractivity contribution is 14.1. The summed E-state index contributed by atoms with van der Waals surface area (Å²) in [4.78, 5) is 1.82. The molecule has 0 aliphatic carbocycles. The predicted octanol–water partition coefficient (Wildman–Crippen LogP) is 3.78. The fraction of sp³-hybridized carbons (Fsp3) is 0.0769. The van der Waals surface area contributed by atoms with E-state index in [1.54, 1.807) is 12.1 Å². The van der Waals surface area contributed by atoms with E-state index in [1.165, 1.54) is 6.07 Å². The topological polar surface area (TPSA) is 29.3 Å². The van der Waals surface area contributed by atoms with Gasteiger partial charge in [0, 0.05) is 16.3 Å². The van der Waals surface area contributed by atoms with Gasteiger partial charge in [0.2, 0.25) is 0 Å². The third kappa shape index (κ3) is 2.52. The summed E-state index contributed by atoms with van der Waals surface area (Å²) in [7, 11) is 1.84. The average molecular weight is 342 g/mol. The molecule has 0 aromatic heterocycles. The van der Waals surface area contributed by atoms with E-state index in [-0.39, 0.29) is 5.82 Å². The Kier molecular flexibility index (Phi) is 3.51. The number of nitrogen functional groups attached to an aromatic ring is 1. The van der Waals surface area contributed by atoms with Crippen LogP contribution in [0.1, 0.15) is 0 Å². The Morgan fingerprint density at radius 2 is 1.82 bits per heavy atom. The summed E-state index contributed by atoms with van der Waals surface area (Å²) in [6.45, 7) is 0. The average Bonchev–Trinajstić information content (AvgIpc) is 2.29. The van der Waals surface area contributed by atoms with Gasteiger partial charge in [-0.2, -0.15) is 0 Å². The SMILES string of the molecule is CN(c1ccccc1F)c1ccc(N)cc1I. The van der Waals surface area contributed by atoms with Crippen molar-refractivity contribution >= 4 is 39.7 Å². The fourth-order valence-electron chi connectivity index (χ4n) is 1.65. The van der Waals surface area contributed by atoms with Crippen molar-refractivity contribution in [3.63, 3.8) is 0 Å². The minimum absolute atomic E-state index is 0.234. The molecular formula is C13H12FIN2. The predicted molar refractivity (Wildman–Crippen MR) is 78.0 cm³/mol. The number of para-hydroxylation sites is 1. The quantitative estimate of drug-likeness (QED) is 0.665. The van der Waals surface area contributed by atoms with Gasteiger partial charge in [0.1, 0.15) is 5.82 Å². The monoisotopic (exact) mass is 342 g/mol. The highest BCUT2D eigenvalue weighted by atomic mass is 127. The molecule has 88 valence electrons. The molecule has 0 bridgehead atoms. The molecule has 2 aromatic carbocycles. The van der Waals surface area contributed by atoms with E-state index in [1.807, 2.05) is 36.2 Å². The molecular weight excluding hydrogens is 330 g/mol. The van der Waals surface area contributed by atoms with Gasteiger partial charge in [-0.1, -0.05) is 12.1 Å². The Labute approximate surface area is 113 Å². The van der Waals surface area contributed by atoms with E-state index in [0.29, 0.717) is 11.4 Å². The molecule has 2 nitrogen and oxygen atoms in total. The normalized spacial score (nSPS) is 10.3. The zero-order valence-electron chi connectivity index (χ0n) is 9.32. The van der Waals surface area contributed by atoms with E-state index < -0.39 is 0 Å². The minimum Gasteiger partial charge on any atom is -0.399 e. The number of benzene rings is 2. The van der Waals surface area contributed by atoms with Crippen LogP contribution in [0.3, 0.4) is 0 Å². The highest BCUT2D eigenvalue weighted by Gasteiger charge is 2.11. The van der Waals surface area contributed by atoms with Crippen LogP contribution in [0.5, 0.6) is 0 Å². The van der Waals surface area contributed by atoms with Crippen molar-refractivity contribution in [2.75, 3.05) is 17.7 Å². The number of hydrogen-bond donors (Lipinski definition) is 1. The van der Waals surface area contributed by atoms with Crippen molar-refractivity contribution in [3.8, 4) is 0 Å². The maximum atomic E-state index is 13.7. The van der Waals surface area contributed by atoms with Crippen molar-refractivity contribution in [2.45, 2.75) is 0 Å². The molecule has 0 atom stereocenters. The summed E-state index contributed by atoms with van der Waals surface area (Å²) in [6, 6.07) is 12.3. The van der Waals surface area contributed by atoms with Crippen LogP contribution in [0.15, 0.2) is 42.5 Å². The van der Waals surface area contributed by atoms with Crippen LogP contribution >= 0.6 is 22.6 Å². The van der Waals surface area contributed by atoms with E-state index >= 15 is 0 Å². The molecule has 0 radical (unpaired) electrons. The van der Waals surface area contributed by atoms with E-state index in [9.17, 15) is 4.39 Å². The van der Waals surface area contributed by atoms with Crippen molar-refractivity contribution in [1.29, 1.82) is 0 Å². The van der Waals surface area contributed by atoms with Crippen molar-refractivity contribution in [1.82, 2.24) is 0 Å². The van der Waals surface area contributed by atoms with Crippen molar-refractivity contribution in [2.24, 2.45) is 0 Å². The van der Waals surface area contributed by atoms with Gasteiger partial charge in [0.05, 0.1) is 11.4 Å². The van der Waals surface area contributed by atoms with Gasteiger partial charge < -0.3 is 10.6 Å². The third-order valence-electron chi connectivity index (χ3n) is 2.55. The van der Waals surface area contributed by atoms with Gasteiger partial charge in [-0.3, -0.25) is 0 Å². The molecule has 0 aliphatic rings. The Morgan fingerprint density at radius 3 is 2.47 bits per heavy atom. The molecule has 0 heterocycles. The number of rotatable bonds is 2. The van der Waals surface area contributed by atoms with Gasteiger partial charge >= 0.3 is 0 Å². The summed E-state index contributed by atoms with van der Waals surface area (Å²) in [5.74, 6) is -0.234. The Morgan fingerprint density at radius 1 is 1.12 bits per heavy atom. The number of anilines is 3. The molecule has 17 heavy (non-hydrogen) atoms. The number of halogens is 2. The third-order valence-corrected chi connectivity index (χ3v) is 3.41. The molecule has 0 saturated heterocycles. The summed E-state index contributed by atoms with van der Waals surface area (Å²) < 4.78 is 14.7. The molecule has 2 aromatic rings. The van der Waals surface area contributed by atoms with Gasteiger partial charge in [0.25, 0.3) is 0 Å². The second kappa shape index (κ2) is 4.91. The molecule has 2 N–H and O–H groups in total. The lowest BCUT2D eigenvalue weighted by atomic mass is 10.2. The van der Waals surface area contributed by atoms with Crippen molar-refractivity contribution < 1.29 is 4.39 Å². The van der Waals surface area contributed by atoms with Crippen LogP contribution in [-0.2, 0) is 0 Å². The summed E-state index contributed by atoms with van der Waals surface area (Å²) in [5, 5.41) is 0. The lowest BCUT2D eigenvalue weighted by molar-refractivity contribution is 0.627. The Hall–Kier alpha value is -1.30. The number of nitrogens with zero attached hydrogens (tertiary/aromatic N) is 1. The first-order valence-electron chi connectivity index (χ1n) is 5.13. The molecule has 0 spiro atoms. The molecule has 2 rings (SSSR count). The first-order chi connectivity index (χ1) is 8.09. The van der Waals surface area contributed by atoms with Crippen LogP contribution in [-0.4, -0.2) is 7.05 Å². The van der Waals surface area contributed by atoms with E-state index in [4.69, 9.17) is 5.73 Å². The summed E-state index contributed by atoms with van der Waals surface area (Å²) in [5.41, 5.74) is 7.89. The van der Waals surface area contributed by atoms with Crippen LogP contribution in [0.25, 0.3) is 0 Å². The van der Waals surface area contributed by atoms with Crippen LogP contribution in [0.2, 0.25) is 0 Å². The lowest BCUT2D eigenvalue weighted by Crippen LogP contribution is -2.12. The van der Waals surface area contributed by atoms with E-state index in [0.717, 1.165) is 9.26 Å². The molecule has 0 unspecified atom stereocenters. The fourth-order valence-corrected chi connectivity index (χ4v) is 2.55. The second-order valence-electron chi connectivity index (χ2n) is 3.72. The maximum absolute atomic E-state index is 13.7. The van der Waals surface area contributed by atoms with Gasteiger partial charge in [-0.15, -0.1) is 0 Å². The highest BCUT2D eigenvalue weighted by Crippen LogP contribution is 2.30. The molecule has 0 saturated carbocycles. The first kappa shape index (κ1) is 12.2. The van der Waals surface area contributed by atoms with Gasteiger partial charge in [-0.05, 0) is 52.9 Å². The van der Waals surface area contributed by atoms with Gasteiger partial charge in [-0.25, -0.2) is 4.39 Å². The maximum Gasteiger partial charge on any atom is 0.146 e. The smallest absolute Gasteiger partial charge is 0.146 e. The Bertz CT molecular complexity index is 543. The van der Waals surface area contributed by atoms with Crippen molar-refractivity contribution in [3.05, 3.63) is 51.9 Å². The summed E-state index contributed by atoms with van der Waals surface area (Å²) >= 11 is 2.20. The molecule has 0 aliphatic heterocycles. The zero-order valence-corrected chi connectivity index (χ0v) is 11.5. The molecule has 0 fully saturated rings. The summed E-state index contributed by atoms with van der Waals surface area (Å²) in [6.07, 6.45) is 0. The largest absolute Gasteiger partial charge is 0.399 e. The molecule has 0 amide bonds. The van der Waals surface area contributed by atoms with Crippen LogP contribution in [0, 0.1) is 9.39 Å². The number of hydrogen-bond acceptors (Lipinski definition) is 2. The first-order valence-corrected chi connectivity index (χ1v) is 6.21. The lowest BCUT2D eigenvalue weighted by Gasteiger charge is -2.21. The standard InChI is InChI=1S/C13H12FIN2/c1-17(12-5-3-2-4-10(12)14)13-7-6-9(16)8-11(13)15/h2-8H,16H2,1H3. The minimum atomic E-state index is -0.234. The Balaban J connectivity index is 2.44. The van der Waals surface area contributed by atoms with Crippen LogP contribution < -0.4 is 10.6 Å². The second-order valence-corrected chi connectivity index (χ2v) is 4.88.